The average Bonchev–Trinajstić information content (AvgIpc) is 3.13. The summed E-state index contributed by atoms with van der Waals surface area (Å²) in [6.07, 6.45) is 13.9. The molecule has 1 unspecified atom stereocenters. The topological polar surface area (TPSA) is 173 Å². The number of amides is 6. The van der Waals surface area contributed by atoms with Crippen molar-refractivity contribution in [2.24, 2.45) is 17.8 Å². The van der Waals surface area contributed by atoms with Crippen molar-refractivity contribution in [1.29, 1.82) is 0 Å². The van der Waals surface area contributed by atoms with Crippen molar-refractivity contribution < 1.29 is 33.2 Å². The van der Waals surface area contributed by atoms with Gasteiger partial charge in [-0.15, -0.1) is 0 Å². The fourth-order valence-electron chi connectivity index (χ4n) is 15.1. The molecule has 0 radical (unpaired) electrons. The van der Waals surface area contributed by atoms with Crippen LogP contribution in [0.1, 0.15) is 144 Å². The monoisotopic (exact) mass is 1100 g/mol. The predicted octanol–water partition coefficient (Wildman–Crippen LogP) is 8.94. The number of piperidine rings is 4. The lowest BCUT2D eigenvalue weighted by Crippen LogP contribution is -2.58. The molecule has 424 valence electrons. The highest BCUT2D eigenvalue weighted by molar-refractivity contribution is 6.10. The zero-order valence-electron chi connectivity index (χ0n) is 46.8. The van der Waals surface area contributed by atoms with Crippen LogP contribution in [0.4, 0.5) is 21.6 Å². The number of anilines is 3. The molecule has 13 rings (SSSR count). The van der Waals surface area contributed by atoms with Crippen LogP contribution in [0.2, 0.25) is 0 Å². The van der Waals surface area contributed by atoms with E-state index in [2.05, 4.69) is 58.5 Å². The van der Waals surface area contributed by atoms with Gasteiger partial charge in [-0.2, -0.15) is 0 Å². The normalized spacial score (nSPS) is 25.2. The number of carbonyl (C=O) groups excluding carboxylic acids is 6. The summed E-state index contributed by atoms with van der Waals surface area (Å²) in [7, 11) is 0. The first-order valence-electron chi connectivity index (χ1n) is 30.2. The smallest absolute Gasteiger partial charge is 0.238 e. The number of halogens is 1. The first-order valence-corrected chi connectivity index (χ1v) is 30.2. The Balaban J connectivity index is 0.645. The van der Waals surface area contributed by atoms with Crippen LogP contribution in [0.5, 0.6) is 0 Å². The van der Waals surface area contributed by atoms with Crippen molar-refractivity contribution in [3.05, 3.63) is 101 Å². The molecule has 2 N–H and O–H groups in total. The van der Waals surface area contributed by atoms with E-state index in [0.29, 0.717) is 133 Å². The lowest BCUT2D eigenvalue weighted by Gasteiger charge is -2.48. The Morgan fingerprint density at radius 3 is 2.10 bits per heavy atom. The molecule has 0 bridgehead atoms. The van der Waals surface area contributed by atoms with Gasteiger partial charge >= 0.3 is 0 Å². The molecular formula is C64H75FN10O6. The number of hydrogen-bond donors (Lipinski definition) is 2. The predicted molar refractivity (Wildman–Crippen MR) is 306 cm³/mol. The van der Waals surface area contributed by atoms with Crippen molar-refractivity contribution in [1.82, 2.24) is 39.5 Å². The van der Waals surface area contributed by atoms with Gasteiger partial charge in [0, 0.05) is 92.8 Å². The Kier molecular flexibility index (Phi) is 14.3. The number of fused-ring (bicyclic) bond motifs is 4. The molecule has 2 aliphatic carbocycles. The maximum Gasteiger partial charge on any atom is 0.238 e. The molecule has 4 saturated heterocycles. The van der Waals surface area contributed by atoms with Crippen molar-refractivity contribution in [2.45, 2.75) is 153 Å². The quantitative estimate of drug-likeness (QED) is 0.129. The number of para-hydroxylation sites is 1. The van der Waals surface area contributed by atoms with Gasteiger partial charge in [0.25, 0.3) is 0 Å². The van der Waals surface area contributed by atoms with Crippen LogP contribution < -0.4 is 15.5 Å². The number of nitrogens with zero attached hydrogens (tertiary/aromatic N) is 8. The molecule has 6 fully saturated rings. The second kappa shape index (κ2) is 21.7. The molecule has 1 spiro atoms. The standard InChI is InChI=1S/C64H75FN10O6/c1-39(2)74-38-66-54-36-53(68-58(57(54)74)67-52-9-5-4-8-51(52)65)45-16-18-50-55(33-45)75(48-34-47(35-48)70-25-6-3-7-26-70)63(81)64(50)23-30-72(31-24-64)61(79)42-20-27-71(28-21-42)60(78)40-10-12-41(13-11-40)62(80)73-29-22-43-32-44(14-15-46(43)37-73)49-17-19-56(76)69-59(49)77/h4-5,8-9,14-16,18,32-33,36,38-42,47-49H,3,6-7,10-13,17,19-31,34-35,37H2,1-2H3,(H,67,68)(H,69,76,77). The molecular weight excluding hydrogens is 1020 g/mol. The zero-order chi connectivity index (χ0) is 55.7. The third-order valence-electron chi connectivity index (χ3n) is 20.0. The maximum atomic E-state index is 15.3. The number of imidazole rings is 1. The van der Waals surface area contributed by atoms with E-state index in [1.54, 1.807) is 24.5 Å². The largest absolute Gasteiger partial charge is 0.342 e. The number of likely N-dealkylation sites (tertiary alicyclic amines) is 3. The Morgan fingerprint density at radius 1 is 0.704 bits per heavy atom. The van der Waals surface area contributed by atoms with Crippen LogP contribution in [-0.4, -0.2) is 127 Å². The van der Waals surface area contributed by atoms with Crippen LogP contribution in [0.3, 0.4) is 0 Å². The van der Waals surface area contributed by atoms with Gasteiger partial charge in [-0.25, -0.2) is 14.4 Å². The van der Waals surface area contributed by atoms with E-state index < -0.39 is 5.41 Å². The summed E-state index contributed by atoms with van der Waals surface area (Å²) in [5.74, 6) is -0.545. The molecule has 8 heterocycles. The van der Waals surface area contributed by atoms with Crippen LogP contribution >= 0.6 is 0 Å². The van der Waals surface area contributed by atoms with Crippen LogP contribution in [0.25, 0.3) is 22.3 Å². The summed E-state index contributed by atoms with van der Waals surface area (Å²) in [6.45, 7) is 9.58. The fraction of sp³-hybridized carbons (Fsp3) is 0.531. The highest BCUT2D eigenvalue weighted by atomic mass is 19.1. The molecule has 8 aliphatic rings. The molecule has 1 atom stereocenters. The minimum atomic E-state index is -0.754. The third kappa shape index (κ3) is 9.88. The minimum Gasteiger partial charge on any atom is -0.342 e. The summed E-state index contributed by atoms with van der Waals surface area (Å²) in [4.78, 5) is 102. The van der Waals surface area contributed by atoms with E-state index in [0.717, 1.165) is 70.5 Å². The van der Waals surface area contributed by atoms with E-state index in [1.807, 2.05) is 37.5 Å². The number of aromatic nitrogens is 3. The maximum absolute atomic E-state index is 15.3. The molecule has 81 heavy (non-hydrogen) atoms. The van der Waals surface area contributed by atoms with Gasteiger partial charge in [0.2, 0.25) is 35.4 Å². The summed E-state index contributed by atoms with van der Waals surface area (Å²) >= 11 is 0. The van der Waals surface area contributed by atoms with Gasteiger partial charge in [0.1, 0.15) is 11.3 Å². The zero-order valence-corrected chi connectivity index (χ0v) is 46.8. The molecule has 2 saturated carbocycles. The van der Waals surface area contributed by atoms with Gasteiger partial charge in [0.05, 0.1) is 34.6 Å². The van der Waals surface area contributed by atoms with Gasteiger partial charge in [-0.1, -0.05) is 48.9 Å². The van der Waals surface area contributed by atoms with E-state index in [4.69, 9.17) is 9.97 Å². The van der Waals surface area contributed by atoms with E-state index in [1.165, 1.54) is 25.3 Å². The Morgan fingerprint density at radius 2 is 1.40 bits per heavy atom. The van der Waals surface area contributed by atoms with Gasteiger partial charge in [-0.3, -0.25) is 34.1 Å². The molecule has 16 nitrogen and oxygen atoms in total. The minimum absolute atomic E-state index is 0.0726. The van der Waals surface area contributed by atoms with E-state index in [-0.39, 0.29) is 77.0 Å². The third-order valence-corrected chi connectivity index (χ3v) is 20.0. The van der Waals surface area contributed by atoms with E-state index in [9.17, 15) is 24.0 Å². The Bertz CT molecular complexity index is 3300. The second-order valence-corrected chi connectivity index (χ2v) is 25.0. The van der Waals surface area contributed by atoms with Crippen molar-refractivity contribution in [2.75, 3.05) is 56.0 Å². The molecule has 17 heteroatoms. The number of benzene rings is 3. The van der Waals surface area contributed by atoms with Crippen molar-refractivity contribution >= 4 is 63.7 Å². The number of pyridine rings is 1. The van der Waals surface area contributed by atoms with Gasteiger partial charge in [0.15, 0.2) is 5.82 Å². The summed E-state index contributed by atoms with van der Waals surface area (Å²) < 4.78 is 17.2. The molecule has 3 aromatic carbocycles. The first-order chi connectivity index (χ1) is 39.3. The SMILES string of the molecule is CC(C)n1cnc2cc(-c3ccc4c(c3)N(C3CC(N5CCCCC5)C3)C(=O)C43CCN(C(=O)C4CCN(C(=O)C5CCC(C(=O)N6CCc7cc(C8CCC(=O)NC8=O)ccc7C6)CC5)CC4)CC3)nc(Nc3ccccc3F)c21. The summed E-state index contributed by atoms with van der Waals surface area (Å²) in [5, 5.41) is 5.75. The number of imide groups is 1. The van der Waals surface area contributed by atoms with Gasteiger partial charge < -0.3 is 34.4 Å². The molecule has 6 amide bonds. The lowest BCUT2D eigenvalue weighted by molar-refractivity contribution is -0.145. The highest BCUT2D eigenvalue weighted by Gasteiger charge is 2.56. The molecule has 2 aromatic heterocycles. The number of hydrogen-bond acceptors (Lipinski definition) is 10. The second-order valence-electron chi connectivity index (χ2n) is 25.0. The fourth-order valence-corrected chi connectivity index (χ4v) is 15.1. The highest BCUT2D eigenvalue weighted by Crippen LogP contribution is 2.53. The Labute approximate surface area is 473 Å². The molecule has 6 aliphatic heterocycles. The molecule has 5 aromatic rings. The summed E-state index contributed by atoms with van der Waals surface area (Å²) in [5.41, 5.74) is 7.71. The van der Waals surface area contributed by atoms with Crippen LogP contribution in [0, 0.1) is 23.6 Å². The number of rotatable bonds is 10. The summed E-state index contributed by atoms with van der Waals surface area (Å²) in [6, 6.07) is 21.6. The van der Waals surface area contributed by atoms with Crippen LogP contribution in [0.15, 0.2) is 73.1 Å². The first kappa shape index (κ1) is 53.3. The van der Waals surface area contributed by atoms with Crippen molar-refractivity contribution in [3.8, 4) is 11.3 Å². The van der Waals surface area contributed by atoms with Crippen molar-refractivity contribution in [3.63, 3.8) is 0 Å². The Hall–Kier alpha value is -7.01. The van der Waals surface area contributed by atoms with E-state index >= 15 is 9.18 Å². The van der Waals surface area contributed by atoms with Crippen LogP contribution in [-0.2, 0) is 47.1 Å². The number of nitrogens with one attached hydrogen (secondary N) is 2. The number of carbonyl (C=O) groups is 6. The average molecular weight is 1100 g/mol. The van der Waals surface area contributed by atoms with Gasteiger partial charge in [-0.05, 0) is 163 Å². The lowest BCUT2D eigenvalue weighted by atomic mass is 9.73.